The Morgan fingerprint density at radius 1 is 1.69 bits per heavy atom. The molecule has 0 aliphatic carbocycles. The van der Waals surface area contributed by atoms with E-state index in [1.54, 1.807) is 0 Å². The van der Waals surface area contributed by atoms with Crippen molar-refractivity contribution in [1.29, 1.82) is 0 Å². The van der Waals surface area contributed by atoms with Crippen molar-refractivity contribution in [2.75, 3.05) is 26.2 Å². The van der Waals surface area contributed by atoms with E-state index in [9.17, 15) is 4.79 Å². The van der Waals surface area contributed by atoms with E-state index in [2.05, 4.69) is 5.32 Å². The van der Waals surface area contributed by atoms with Gasteiger partial charge in [-0.1, -0.05) is 6.92 Å². The summed E-state index contributed by atoms with van der Waals surface area (Å²) in [6, 6.07) is 0.0389. The molecule has 2 amide bonds. The molecule has 1 fully saturated rings. The van der Waals surface area contributed by atoms with E-state index in [4.69, 9.17) is 4.74 Å². The van der Waals surface area contributed by atoms with Crippen molar-refractivity contribution in [3.63, 3.8) is 0 Å². The van der Waals surface area contributed by atoms with E-state index in [0.717, 1.165) is 13.0 Å². The number of ether oxygens (including phenoxy) is 1. The molecule has 0 aromatic rings. The van der Waals surface area contributed by atoms with E-state index >= 15 is 0 Å². The molecule has 4 nitrogen and oxygen atoms in total. The first-order valence-electron chi connectivity index (χ1n) is 4.88. The molecule has 76 valence electrons. The lowest BCUT2D eigenvalue weighted by atomic mass is 10.3. The highest BCUT2D eigenvalue weighted by atomic mass is 16.5. The summed E-state index contributed by atoms with van der Waals surface area (Å²) >= 11 is 0. The molecule has 4 heteroatoms. The fourth-order valence-electron chi connectivity index (χ4n) is 1.35. The standard InChI is InChI=1S/C9H18N2O2/c1-3-4-10-9(12)11-5-6-13-8(2)7-11/h8H,3-7H2,1-2H3,(H,10,12). The van der Waals surface area contributed by atoms with Gasteiger partial charge in [-0.05, 0) is 13.3 Å². The molecule has 1 unspecified atom stereocenters. The van der Waals surface area contributed by atoms with Crippen LogP contribution in [-0.2, 0) is 4.74 Å². The Morgan fingerprint density at radius 2 is 2.46 bits per heavy atom. The predicted molar refractivity (Wildman–Crippen MR) is 50.7 cm³/mol. The minimum Gasteiger partial charge on any atom is -0.375 e. The highest BCUT2D eigenvalue weighted by Gasteiger charge is 2.20. The van der Waals surface area contributed by atoms with Gasteiger partial charge in [-0.15, -0.1) is 0 Å². The molecular formula is C9H18N2O2. The number of urea groups is 1. The third-order valence-corrected chi connectivity index (χ3v) is 2.05. The second kappa shape index (κ2) is 5.07. The van der Waals surface area contributed by atoms with Crippen LogP contribution in [0.5, 0.6) is 0 Å². The molecule has 0 radical (unpaired) electrons. The highest BCUT2D eigenvalue weighted by Crippen LogP contribution is 2.03. The first kappa shape index (κ1) is 10.3. The molecule has 1 atom stereocenters. The van der Waals surface area contributed by atoms with Gasteiger partial charge in [0.2, 0.25) is 0 Å². The van der Waals surface area contributed by atoms with Crippen LogP contribution in [0.25, 0.3) is 0 Å². The Labute approximate surface area is 79.2 Å². The zero-order chi connectivity index (χ0) is 9.68. The van der Waals surface area contributed by atoms with Crippen molar-refractivity contribution in [2.45, 2.75) is 26.4 Å². The Bertz CT molecular complexity index is 173. The summed E-state index contributed by atoms with van der Waals surface area (Å²) in [6.45, 7) is 6.85. The Hall–Kier alpha value is -0.770. The summed E-state index contributed by atoms with van der Waals surface area (Å²) in [5.74, 6) is 0. The SMILES string of the molecule is CCCNC(=O)N1CCOC(C)C1. The average Bonchev–Trinajstić information content (AvgIpc) is 2.14. The summed E-state index contributed by atoms with van der Waals surface area (Å²) in [5.41, 5.74) is 0. The number of carbonyl (C=O) groups is 1. The summed E-state index contributed by atoms with van der Waals surface area (Å²) in [7, 11) is 0. The van der Waals surface area contributed by atoms with Gasteiger partial charge < -0.3 is 15.0 Å². The zero-order valence-corrected chi connectivity index (χ0v) is 8.38. The smallest absolute Gasteiger partial charge is 0.317 e. The van der Waals surface area contributed by atoms with Gasteiger partial charge in [0.1, 0.15) is 0 Å². The minimum absolute atomic E-state index is 0.0389. The Kier molecular flexibility index (Phi) is 4.02. The van der Waals surface area contributed by atoms with Gasteiger partial charge in [0.25, 0.3) is 0 Å². The molecule has 1 aliphatic rings. The van der Waals surface area contributed by atoms with Crippen molar-refractivity contribution in [2.24, 2.45) is 0 Å². The predicted octanol–water partition coefficient (Wildman–Crippen LogP) is 0.827. The number of nitrogens with one attached hydrogen (secondary N) is 1. The van der Waals surface area contributed by atoms with Crippen LogP contribution in [0.4, 0.5) is 4.79 Å². The van der Waals surface area contributed by atoms with Crippen LogP contribution >= 0.6 is 0 Å². The molecule has 1 aliphatic heterocycles. The van der Waals surface area contributed by atoms with Crippen LogP contribution in [0.3, 0.4) is 0 Å². The van der Waals surface area contributed by atoms with E-state index in [1.807, 2.05) is 18.7 Å². The van der Waals surface area contributed by atoms with E-state index in [0.29, 0.717) is 19.7 Å². The van der Waals surface area contributed by atoms with Crippen LogP contribution < -0.4 is 5.32 Å². The van der Waals surface area contributed by atoms with Gasteiger partial charge in [0.15, 0.2) is 0 Å². The Balaban J connectivity index is 2.28. The first-order valence-corrected chi connectivity index (χ1v) is 4.88. The van der Waals surface area contributed by atoms with Gasteiger partial charge in [0, 0.05) is 19.6 Å². The second-order valence-electron chi connectivity index (χ2n) is 3.36. The van der Waals surface area contributed by atoms with Gasteiger partial charge >= 0.3 is 6.03 Å². The first-order chi connectivity index (χ1) is 6.24. The maximum absolute atomic E-state index is 11.5. The van der Waals surface area contributed by atoms with Gasteiger partial charge in [0.05, 0.1) is 12.7 Å². The number of nitrogens with zero attached hydrogens (tertiary/aromatic N) is 1. The molecule has 13 heavy (non-hydrogen) atoms. The van der Waals surface area contributed by atoms with Crippen LogP contribution in [0.2, 0.25) is 0 Å². The number of morpholine rings is 1. The number of rotatable bonds is 2. The number of carbonyl (C=O) groups excluding carboxylic acids is 1. The lowest BCUT2D eigenvalue weighted by molar-refractivity contribution is -0.00343. The van der Waals surface area contributed by atoms with E-state index < -0.39 is 0 Å². The molecule has 0 aromatic carbocycles. The largest absolute Gasteiger partial charge is 0.375 e. The molecular weight excluding hydrogens is 168 g/mol. The highest BCUT2D eigenvalue weighted by molar-refractivity contribution is 5.74. The summed E-state index contributed by atoms with van der Waals surface area (Å²) in [6.07, 6.45) is 1.15. The summed E-state index contributed by atoms with van der Waals surface area (Å²) in [5, 5.41) is 2.85. The molecule has 1 rings (SSSR count). The normalized spacial score (nSPS) is 22.9. The topological polar surface area (TPSA) is 41.6 Å². The number of hydrogen-bond acceptors (Lipinski definition) is 2. The van der Waals surface area contributed by atoms with Crippen LogP contribution in [-0.4, -0.2) is 43.3 Å². The maximum Gasteiger partial charge on any atom is 0.317 e. The number of hydrogen-bond donors (Lipinski definition) is 1. The molecule has 1 saturated heterocycles. The van der Waals surface area contributed by atoms with Gasteiger partial charge in [-0.2, -0.15) is 0 Å². The fourth-order valence-corrected chi connectivity index (χ4v) is 1.35. The van der Waals surface area contributed by atoms with Crippen molar-refractivity contribution >= 4 is 6.03 Å². The lowest BCUT2D eigenvalue weighted by Gasteiger charge is -2.31. The van der Waals surface area contributed by atoms with Crippen LogP contribution in [0, 0.1) is 0 Å². The fraction of sp³-hybridized carbons (Fsp3) is 0.889. The molecule has 0 spiro atoms. The second-order valence-corrected chi connectivity index (χ2v) is 3.36. The van der Waals surface area contributed by atoms with Crippen molar-refractivity contribution in [3.8, 4) is 0 Å². The van der Waals surface area contributed by atoms with E-state index in [1.165, 1.54) is 0 Å². The molecule has 0 saturated carbocycles. The summed E-state index contributed by atoms with van der Waals surface area (Å²) < 4.78 is 5.34. The maximum atomic E-state index is 11.5. The third-order valence-electron chi connectivity index (χ3n) is 2.05. The number of amides is 2. The monoisotopic (exact) mass is 186 g/mol. The van der Waals surface area contributed by atoms with Gasteiger partial charge in [-0.3, -0.25) is 0 Å². The van der Waals surface area contributed by atoms with Crippen molar-refractivity contribution in [3.05, 3.63) is 0 Å². The van der Waals surface area contributed by atoms with Crippen molar-refractivity contribution < 1.29 is 9.53 Å². The lowest BCUT2D eigenvalue weighted by Crippen LogP contribution is -2.48. The quantitative estimate of drug-likeness (QED) is 0.694. The average molecular weight is 186 g/mol. The molecule has 1 heterocycles. The van der Waals surface area contributed by atoms with Gasteiger partial charge in [-0.25, -0.2) is 4.79 Å². The van der Waals surface area contributed by atoms with Crippen LogP contribution in [0.1, 0.15) is 20.3 Å². The minimum atomic E-state index is 0.0389. The zero-order valence-electron chi connectivity index (χ0n) is 8.38. The Morgan fingerprint density at radius 3 is 3.08 bits per heavy atom. The molecule has 0 bridgehead atoms. The molecule has 1 N–H and O–H groups in total. The van der Waals surface area contributed by atoms with Crippen molar-refractivity contribution in [1.82, 2.24) is 10.2 Å². The van der Waals surface area contributed by atoms with Crippen LogP contribution in [0.15, 0.2) is 0 Å². The third kappa shape index (κ3) is 3.22. The van der Waals surface area contributed by atoms with E-state index in [-0.39, 0.29) is 12.1 Å². The summed E-state index contributed by atoms with van der Waals surface area (Å²) in [4.78, 5) is 13.3. The molecule has 0 aromatic heterocycles.